The van der Waals surface area contributed by atoms with Gasteiger partial charge in [0.2, 0.25) is 0 Å². The predicted molar refractivity (Wildman–Crippen MR) is 62.6 cm³/mol. The van der Waals surface area contributed by atoms with E-state index < -0.39 is 27.3 Å². The number of rotatable bonds is 2. The van der Waals surface area contributed by atoms with Crippen LogP contribution in [-0.4, -0.2) is 20.5 Å². The van der Waals surface area contributed by atoms with E-state index in [0.717, 1.165) is 6.21 Å². The van der Waals surface area contributed by atoms with Crippen molar-refractivity contribution < 1.29 is 17.7 Å². The van der Waals surface area contributed by atoms with Gasteiger partial charge in [-0.15, -0.1) is 11.3 Å². The number of hydrogen-bond acceptors (Lipinski definition) is 4. The van der Waals surface area contributed by atoms with Gasteiger partial charge in [-0.05, 0) is 20.8 Å². The van der Waals surface area contributed by atoms with Gasteiger partial charge in [0.05, 0.1) is 5.69 Å². The summed E-state index contributed by atoms with van der Waals surface area (Å²) in [7, 11) is 0. The maximum atomic E-state index is 12.2. The van der Waals surface area contributed by atoms with Crippen molar-refractivity contribution in [1.82, 2.24) is 4.98 Å². The number of thiazole rings is 1. The van der Waals surface area contributed by atoms with Crippen LogP contribution in [0.5, 0.6) is 0 Å². The van der Waals surface area contributed by atoms with E-state index >= 15 is 0 Å². The van der Waals surface area contributed by atoms with E-state index in [9.17, 15) is 17.7 Å². The molecule has 0 saturated heterocycles. The molecule has 0 fully saturated rings. The molecule has 1 heterocycles. The van der Waals surface area contributed by atoms with Gasteiger partial charge in [0.25, 0.3) is 0 Å². The number of hydrogen-bond donors (Lipinski definition) is 0. The summed E-state index contributed by atoms with van der Waals surface area (Å²) in [6, 6.07) is 0. The topological polar surface area (TPSA) is 48.3 Å². The number of alkyl halides is 3. The van der Waals surface area contributed by atoms with E-state index in [0.29, 0.717) is 11.3 Å². The molecular weight excluding hydrogens is 273 g/mol. The van der Waals surface area contributed by atoms with Gasteiger partial charge >= 0.3 is 6.18 Å². The first-order valence-electron chi connectivity index (χ1n) is 4.59. The molecule has 0 amide bonds. The van der Waals surface area contributed by atoms with Gasteiger partial charge < -0.3 is 4.55 Å². The highest BCUT2D eigenvalue weighted by Crippen LogP contribution is 2.31. The summed E-state index contributed by atoms with van der Waals surface area (Å²) >= 11 is -1.01. The van der Waals surface area contributed by atoms with Gasteiger partial charge in [-0.25, -0.2) is 4.98 Å². The summed E-state index contributed by atoms with van der Waals surface area (Å²) < 4.78 is 51.3. The van der Waals surface area contributed by atoms with Crippen molar-refractivity contribution in [3.05, 3.63) is 16.1 Å². The molecule has 3 nitrogen and oxygen atoms in total. The Hall–Kier alpha value is -0.600. The molecule has 96 valence electrons. The highest BCUT2D eigenvalue weighted by atomic mass is 32.2. The zero-order valence-corrected chi connectivity index (χ0v) is 11.0. The van der Waals surface area contributed by atoms with E-state index in [1.807, 2.05) is 0 Å². The van der Waals surface area contributed by atoms with E-state index in [-0.39, 0.29) is 5.69 Å². The van der Waals surface area contributed by atoms with Gasteiger partial charge in [-0.2, -0.15) is 13.2 Å². The zero-order valence-electron chi connectivity index (χ0n) is 9.41. The molecule has 0 radical (unpaired) electrons. The van der Waals surface area contributed by atoms with Crippen molar-refractivity contribution >= 4 is 28.9 Å². The lowest BCUT2D eigenvalue weighted by Crippen LogP contribution is -2.25. The molecule has 1 aromatic rings. The minimum atomic E-state index is -4.44. The van der Waals surface area contributed by atoms with E-state index in [4.69, 9.17) is 0 Å². The van der Waals surface area contributed by atoms with Gasteiger partial charge in [-0.1, -0.05) is 4.40 Å². The van der Waals surface area contributed by atoms with Crippen LogP contribution in [-0.2, 0) is 17.5 Å². The van der Waals surface area contributed by atoms with Crippen LogP contribution in [0.15, 0.2) is 9.78 Å². The zero-order chi connectivity index (χ0) is 13.3. The van der Waals surface area contributed by atoms with Crippen molar-refractivity contribution in [3.8, 4) is 0 Å². The van der Waals surface area contributed by atoms with Crippen LogP contribution in [0.2, 0.25) is 0 Å². The van der Waals surface area contributed by atoms with Gasteiger partial charge in [0.15, 0.2) is 5.01 Å². The Morgan fingerprint density at radius 3 is 2.41 bits per heavy atom. The molecule has 0 N–H and O–H groups in total. The third kappa shape index (κ3) is 4.29. The minimum absolute atomic E-state index is 0.0694. The maximum Gasteiger partial charge on any atom is 0.443 e. The van der Waals surface area contributed by atoms with Crippen LogP contribution in [0.25, 0.3) is 0 Å². The molecule has 1 atom stereocenters. The maximum absolute atomic E-state index is 12.2. The van der Waals surface area contributed by atoms with Gasteiger partial charge in [0.1, 0.15) is 22.3 Å². The Morgan fingerprint density at radius 1 is 1.41 bits per heavy atom. The molecule has 8 heteroatoms. The summed E-state index contributed by atoms with van der Waals surface area (Å²) in [5.41, 5.74) is 0.0694. The van der Waals surface area contributed by atoms with Crippen LogP contribution in [0, 0.1) is 0 Å². The summed E-state index contributed by atoms with van der Waals surface area (Å²) in [5.74, 6) is 0. The largest absolute Gasteiger partial charge is 0.591 e. The van der Waals surface area contributed by atoms with Crippen LogP contribution >= 0.6 is 11.3 Å². The normalized spacial score (nSPS) is 15.5. The summed E-state index contributed by atoms with van der Waals surface area (Å²) in [5, 5.41) is 0.298. The molecule has 0 unspecified atom stereocenters. The Labute approximate surface area is 104 Å². The third-order valence-electron chi connectivity index (χ3n) is 1.57. The molecule has 0 spiro atoms. The smallest absolute Gasteiger partial charge is 0.443 e. The predicted octanol–water partition coefficient (Wildman–Crippen LogP) is 3.04. The Kier molecular flexibility index (Phi) is 4.21. The molecule has 17 heavy (non-hydrogen) atoms. The highest BCUT2D eigenvalue weighted by Gasteiger charge is 2.34. The van der Waals surface area contributed by atoms with Gasteiger partial charge in [-0.3, -0.25) is 0 Å². The molecule has 0 bridgehead atoms. The molecule has 1 rings (SSSR count). The molecule has 0 aliphatic carbocycles. The Balaban J connectivity index is 2.77. The van der Waals surface area contributed by atoms with Crippen molar-refractivity contribution in [2.24, 2.45) is 4.40 Å². The molecule has 0 aliphatic rings. The monoisotopic (exact) mass is 284 g/mol. The van der Waals surface area contributed by atoms with Crippen LogP contribution in [0.3, 0.4) is 0 Å². The Bertz CT molecular complexity index is 409. The van der Waals surface area contributed by atoms with Crippen LogP contribution in [0.1, 0.15) is 31.5 Å². The average molecular weight is 284 g/mol. The van der Waals surface area contributed by atoms with Crippen LogP contribution in [0.4, 0.5) is 13.2 Å². The number of halogens is 3. The summed E-state index contributed by atoms with van der Waals surface area (Å²) in [6.45, 7) is 5.17. The second kappa shape index (κ2) is 4.95. The fourth-order valence-electron chi connectivity index (χ4n) is 0.736. The standard InChI is InChI=1S/C9H11F3N2OS2/c1-8(2,3)17(15)13-4-6-5-16-7(14-6)9(10,11)12/h4-5H,1-3H3/t17-/m0/s1. The lowest BCUT2D eigenvalue weighted by Gasteiger charge is -2.17. The lowest BCUT2D eigenvalue weighted by molar-refractivity contribution is -0.137. The average Bonchev–Trinajstić information content (AvgIpc) is 2.59. The quantitative estimate of drug-likeness (QED) is 0.619. The number of nitrogens with zero attached hydrogens (tertiary/aromatic N) is 2. The highest BCUT2D eigenvalue weighted by molar-refractivity contribution is 7.91. The Morgan fingerprint density at radius 2 is 2.00 bits per heavy atom. The third-order valence-corrected chi connectivity index (χ3v) is 3.82. The van der Waals surface area contributed by atoms with E-state index in [1.54, 1.807) is 20.8 Å². The van der Waals surface area contributed by atoms with Gasteiger partial charge in [0, 0.05) is 5.38 Å². The second-order valence-electron chi connectivity index (χ2n) is 4.17. The van der Waals surface area contributed by atoms with Crippen LogP contribution < -0.4 is 0 Å². The fraction of sp³-hybridized carbons (Fsp3) is 0.556. The number of aromatic nitrogens is 1. The molecule has 0 aliphatic heterocycles. The molecular formula is C9H11F3N2OS2. The van der Waals surface area contributed by atoms with Crippen molar-refractivity contribution in [2.75, 3.05) is 0 Å². The van der Waals surface area contributed by atoms with Crippen molar-refractivity contribution in [1.29, 1.82) is 0 Å². The first-order valence-corrected chi connectivity index (χ1v) is 6.58. The first kappa shape index (κ1) is 14.5. The SMILES string of the molecule is CC(C)(C)[S@+]([O-])N=Cc1csc(C(F)(F)F)n1. The summed E-state index contributed by atoms with van der Waals surface area (Å²) in [6.07, 6.45) is -3.34. The van der Waals surface area contributed by atoms with Crippen molar-refractivity contribution in [2.45, 2.75) is 31.7 Å². The van der Waals surface area contributed by atoms with E-state index in [2.05, 4.69) is 9.38 Å². The lowest BCUT2D eigenvalue weighted by atomic mass is 10.3. The molecule has 1 aromatic heterocycles. The summed E-state index contributed by atoms with van der Waals surface area (Å²) in [4.78, 5) is 3.35. The second-order valence-corrected chi connectivity index (χ2v) is 6.96. The first-order chi connectivity index (χ1) is 7.60. The van der Waals surface area contributed by atoms with E-state index in [1.165, 1.54) is 5.38 Å². The fourth-order valence-corrected chi connectivity index (χ4v) is 1.89. The molecule has 0 aromatic carbocycles. The molecule has 0 saturated carbocycles. The minimum Gasteiger partial charge on any atom is -0.591 e. The van der Waals surface area contributed by atoms with Crippen molar-refractivity contribution in [3.63, 3.8) is 0 Å².